The minimum atomic E-state index is -0.103. The molecule has 26 heavy (non-hydrogen) atoms. The summed E-state index contributed by atoms with van der Waals surface area (Å²) in [6.45, 7) is 3.26. The number of hydrogen-bond acceptors (Lipinski definition) is 3. The van der Waals surface area contributed by atoms with Crippen molar-refractivity contribution in [3.63, 3.8) is 0 Å². The summed E-state index contributed by atoms with van der Waals surface area (Å²) in [6, 6.07) is 11.6. The molecule has 3 heterocycles. The van der Waals surface area contributed by atoms with Crippen LogP contribution in [0.4, 0.5) is 0 Å². The molecule has 1 aromatic carbocycles. The fourth-order valence-corrected chi connectivity index (χ4v) is 4.29. The van der Waals surface area contributed by atoms with Crippen LogP contribution in [0.5, 0.6) is 0 Å². The topological polar surface area (TPSA) is 65.2 Å². The van der Waals surface area contributed by atoms with Gasteiger partial charge in [0, 0.05) is 30.0 Å². The number of thiophene rings is 1. The molecule has 0 bridgehead atoms. The third kappa shape index (κ3) is 3.12. The number of rotatable bonds is 3. The van der Waals surface area contributed by atoms with Crippen molar-refractivity contribution in [2.75, 3.05) is 13.1 Å². The number of amides is 2. The van der Waals surface area contributed by atoms with Crippen LogP contribution in [0.2, 0.25) is 0 Å². The van der Waals surface area contributed by atoms with Gasteiger partial charge in [0.15, 0.2) is 0 Å². The van der Waals surface area contributed by atoms with Crippen LogP contribution in [0.3, 0.4) is 0 Å². The maximum Gasteiger partial charge on any atom is 0.268 e. The van der Waals surface area contributed by atoms with Crippen molar-refractivity contribution in [2.24, 2.45) is 0 Å². The van der Waals surface area contributed by atoms with Gasteiger partial charge in [-0.05, 0) is 42.8 Å². The van der Waals surface area contributed by atoms with Gasteiger partial charge in [-0.25, -0.2) is 0 Å². The molecule has 2 amide bonds. The van der Waals surface area contributed by atoms with Crippen molar-refractivity contribution in [1.29, 1.82) is 0 Å². The van der Waals surface area contributed by atoms with Gasteiger partial charge in [-0.3, -0.25) is 9.59 Å². The monoisotopic (exact) mass is 367 g/mol. The third-order valence-corrected chi connectivity index (χ3v) is 5.83. The van der Waals surface area contributed by atoms with Gasteiger partial charge in [0.05, 0.1) is 4.88 Å². The second-order valence-electron chi connectivity index (χ2n) is 6.71. The summed E-state index contributed by atoms with van der Waals surface area (Å²) in [7, 11) is 0. The fourth-order valence-electron chi connectivity index (χ4n) is 3.60. The molecule has 2 aromatic heterocycles. The summed E-state index contributed by atoms with van der Waals surface area (Å²) in [4.78, 5) is 31.1. The maximum atomic E-state index is 12.8. The van der Waals surface area contributed by atoms with Gasteiger partial charge in [0.1, 0.15) is 5.69 Å². The molecule has 6 heteroatoms. The molecular weight excluding hydrogens is 346 g/mol. The Bertz CT molecular complexity index is 945. The number of aryl methyl sites for hydroxylation is 1. The molecule has 1 aliphatic heterocycles. The van der Waals surface area contributed by atoms with E-state index in [0.717, 1.165) is 40.7 Å². The van der Waals surface area contributed by atoms with E-state index < -0.39 is 0 Å². The second kappa shape index (κ2) is 6.96. The molecule has 1 atom stereocenters. The minimum absolute atomic E-state index is 0.0222. The first-order valence-electron chi connectivity index (χ1n) is 8.84. The highest BCUT2D eigenvalue weighted by molar-refractivity contribution is 7.12. The summed E-state index contributed by atoms with van der Waals surface area (Å²) in [5.41, 5.74) is 2.53. The van der Waals surface area contributed by atoms with Crippen LogP contribution < -0.4 is 5.32 Å². The van der Waals surface area contributed by atoms with Gasteiger partial charge in [-0.2, -0.15) is 0 Å². The second-order valence-corrected chi connectivity index (χ2v) is 7.66. The van der Waals surface area contributed by atoms with E-state index in [-0.39, 0.29) is 17.9 Å². The Morgan fingerprint density at radius 1 is 1.23 bits per heavy atom. The summed E-state index contributed by atoms with van der Waals surface area (Å²) in [5.74, 6) is -0.0464. The molecule has 0 aliphatic carbocycles. The number of nitrogens with zero attached hydrogens (tertiary/aromatic N) is 1. The molecule has 3 aromatic rings. The zero-order valence-corrected chi connectivity index (χ0v) is 15.4. The fraction of sp³-hybridized carbons (Fsp3) is 0.300. The predicted molar refractivity (Wildman–Crippen MR) is 104 cm³/mol. The van der Waals surface area contributed by atoms with Gasteiger partial charge in [-0.1, -0.05) is 24.3 Å². The van der Waals surface area contributed by atoms with Crippen LogP contribution in [0.15, 0.2) is 41.8 Å². The van der Waals surface area contributed by atoms with Gasteiger partial charge in [0.25, 0.3) is 11.8 Å². The number of carbonyl (C=O) groups is 2. The molecule has 0 spiro atoms. The number of hydrogen-bond donors (Lipinski definition) is 2. The molecule has 1 saturated heterocycles. The molecule has 1 unspecified atom stereocenters. The van der Waals surface area contributed by atoms with Crippen LogP contribution in [0.1, 0.15) is 38.6 Å². The zero-order valence-electron chi connectivity index (χ0n) is 14.6. The zero-order chi connectivity index (χ0) is 18.1. The van der Waals surface area contributed by atoms with Gasteiger partial charge in [0.2, 0.25) is 0 Å². The number of para-hydroxylation sites is 1. The van der Waals surface area contributed by atoms with Gasteiger partial charge >= 0.3 is 0 Å². The number of fused-ring (bicyclic) bond motifs is 1. The number of H-pyrrole nitrogens is 1. The van der Waals surface area contributed by atoms with Gasteiger partial charge < -0.3 is 15.2 Å². The van der Waals surface area contributed by atoms with Gasteiger partial charge in [-0.15, -0.1) is 11.3 Å². The first-order valence-corrected chi connectivity index (χ1v) is 9.72. The Kier molecular flexibility index (Phi) is 4.51. The highest BCUT2D eigenvalue weighted by Crippen LogP contribution is 2.22. The van der Waals surface area contributed by atoms with E-state index in [1.54, 1.807) is 0 Å². The quantitative estimate of drug-likeness (QED) is 0.743. The van der Waals surface area contributed by atoms with E-state index in [2.05, 4.69) is 10.3 Å². The van der Waals surface area contributed by atoms with E-state index in [1.165, 1.54) is 11.3 Å². The Balaban J connectivity index is 1.47. The van der Waals surface area contributed by atoms with E-state index in [9.17, 15) is 9.59 Å². The lowest BCUT2D eigenvalue weighted by Crippen LogP contribution is -2.49. The van der Waals surface area contributed by atoms with Crippen molar-refractivity contribution < 1.29 is 9.59 Å². The van der Waals surface area contributed by atoms with Crippen LogP contribution in [0, 0.1) is 6.92 Å². The Labute approximate surface area is 156 Å². The highest BCUT2D eigenvalue weighted by Gasteiger charge is 2.27. The number of carbonyl (C=O) groups excluding carboxylic acids is 2. The summed E-state index contributed by atoms with van der Waals surface area (Å²) >= 11 is 1.46. The lowest BCUT2D eigenvalue weighted by atomic mass is 10.0. The summed E-state index contributed by atoms with van der Waals surface area (Å²) < 4.78 is 0. The smallest absolute Gasteiger partial charge is 0.268 e. The molecule has 1 aliphatic rings. The lowest BCUT2D eigenvalue weighted by Gasteiger charge is -2.33. The molecule has 5 nitrogen and oxygen atoms in total. The first kappa shape index (κ1) is 16.8. The Hall–Kier alpha value is -2.60. The summed E-state index contributed by atoms with van der Waals surface area (Å²) in [6.07, 6.45) is 1.78. The number of benzene rings is 1. The molecule has 0 radical (unpaired) electrons. The Morgan fingerprint density at radius 3 is 2.85 bits per heavy atom. The average molecular weight is 367 g/mol. The van der Waals surface area contributed by atoms with Crippen molar-refractivity contribution in [2.45, 2.75) is 25.8 Å². The van der Waals surface area contributed by atoms with E-state index in [1.807, 2.05) is 53.6 Å². The van der Waals surface area contributed by atoms with Crippen LogP contribution >= 0.6 is 11.3 Å². The van der Waals surface area contributed by atoms with E-state index in [0.29, 0.717) is 12.2 Å². The highest BCUT2D eigenvalue weighted by atomic mass is 32.1. The SMILES string of the molecule is Cc1c(C(=O)NC2CCCN(C(=O)c3cccs3)C2)[nH]c2ccccc12. The van der Waals surface area contributed by atoms with Crippen molar-refractivity contribution in [3.8, 4) is 0 Å². The Morgan fingerprint density at radius 2 is 2.08 bits per heavy atom. The van der Waals surface area contributed by atoms with Crippen LogP contribution in [-0.2, 0) is 0 Å². The third-order valence-electron chi connectivity index (χ3n) is 4.97. The number of aromatic amines is 1. The average Bonchev–Trinajstić information content (AvgIpc) is 3.30. The van der Waals surface area contributed by atoms with Crippen molar-refractivity contribution in [3.05, 3.63) is 57.9 Å². The van der Waals surface area contributed by atoms with Crippen molar-refractivity contribution in [1.82, 2.24) is 15.2 Å². The number of nitrogens with one attached hydrogen (secondary N) is 2. The summed E-state index contributed by atoms with van der Waals surface area (Å²) in [5, 5.41) is 6.08. The molecule has 4 rings (SSSR count). The molecular formula is C20H21N3O2S. The first-order chi connectivity index (χ1) is 12.6. The molecule has 134 valence electrons. The minimum Gasteiger partial charge on any atom is -0.350 e. The number of aromatic nitrogens is 1. The standard InChI is InChI=1S/C20H21N3O2S/c1-13-15-7-2-3-8-16(15)22-18(13)19(24)21-14-6-4-10-23(12-14)20(25)17-9-5-11-26-17/h2-3,5,7-9,11,14,22H,4,6,10,12H2,1H3,(H,21,24). The normalized spacial score (nSPS) is 17.4. The van der Waals surface area contributed by atoms with Crippen LogP contribution in [0.25, 0.3) is 10.9 Å². The number of likely N-dealkylation sites (tertiary alicyclic amines) is 1. The molecule has 1 fully saturated rings. The number of piperidine rings is 1. The molecule has 2 N–H and O–H groups in total. The molecule has 0 saturated carbocycles. The van der Waals surface area contributed by atoms with E-state index >= 15 is 0 Å². The maximum absolute atomic E-state index is 12.8. The van der Waals surface area contributed by atoms with Crippen LogP contribution in [-0.4, -0.2) is 40.8 Å². The predicted octanol–water partition coefficient (Wildman–Crippen LogP) is 3.57. The van der Waals surface area contributed by atoms with Crippen molar-refractivity contribution >= 4 is 34.1 Å². The largest absolute Gasteiger partial charge is 0.350 e. The lowest BCUT2D eigenvalue weighted by molar-refractivity contribution is 0.0679. The van der Waals surface area contributed by atoms with E-state index in [4.69, 9.17) is 0 Å².